The van der Waals surface area contributed by atoms with Crippen LogP contribution < -0.4 is 5.32 Å². The number of piperidine rings is 1. The zero-order chi connectivity index (χ0) is 21.7. The summed E-state index contributed by atoms with van der Waals surface area (Å²) in [4.78, 5) is 26.1. The zero-order valence-corrected chi connectivity index (χ0v) is 17.3. The van der Waals surface area contributed by atoms with Gasteiger partial charge in [-0.25, -0.2) is 9.59 Å². The zero-order valence-electron chi connectivity index (χ0n) is 17.3. The highest BCUT2D eigenvalue weighted by molar-refractivity contribution is 5.90. The Labute approximate surface area is 181 Å². The van der Waals surface area contributed by atoms with Crippen LogP contribution in [0.25, 0.3) is 0 Å². The molecule has 0 saturated carbocycles. The van der Waals surface area contributed by atoms with Crippen LogP contribution in [0.4, 0.5) is 10.5 Å². The molecule has 2 saturated heterocycles. The fraction of sp³-hybridized carbons (Fsp3) is 0.333. The first kappa shape index (κ1) is 20.9. The molecule has 0 aliphatic carbocycles. The molecule has 0 atom stereocenters. The second-order valence-corrected chi connectivity index (χ2v) is 7.43. The van der Waals surface area contributed by atoms with Crippen molar-refractivity contribution in [3.05, 3.63) is 65.2 Å². The Morgan fingerprint density at radius 3 is 2.32 bits per heavy atom. The van der Waals surface area contributed by atoms with Crippen molar-refractivity contribution in [3.8, 4) is 11.8 Å². The Morgan fingerprint density at radius 1 is 1.00 bits per heavy atom. The summed E-state index contributed by atoms with van der Waals surface area (Å²) in [5, 5.41) is 2.94. The van der Waals surface area contributed by atoms with Crippen molar-refractivity contribution in [2.75, 3.05) is 38.7 Å². The van der Waals surface area contributed by atoms with Gasteiger partial charge in [-0.1, -0.05) is 24.0 Å². The normalized spacial score (nSPS) is 17.0. The predicted octanol–water partition coefficient (Wildman–Crippen LogP) is 3.24. The molecular weight excluding hydrogens is 396 g/mol. The van der Waals surface area contributed by atoms with Crippen molar-refractivity contribution in [1.82, 2.24) is 4.90 Å². The Hall–Kier alpha value is -3.34. The van der Waals surface area contributed by atoms with E-state index in [1.165, 1.54) is 7.11 Å². The molecule has 2 aliphatic heterocycles. The van der Waals surface area contributed by atoms with Gasteiger partial charge in [0.05, 0.1) is 25.9 Å². The van der Waals surface area contributed by atoms with E-state index in [9.17, 15) is 9.59 Å². The summed E-state index contributed by atoms with van der Waals surface area (Å²) in [6.07, 6.45) is 1.35. The van der Waals surface area contributed by atoms with Crippen molar-refractivity contribution >= 4 is 17.7 Å². The predicted molar refractivity (Wildman–Crippen MR) is 115 cm³/mol. The topological polar surface area (TPSA) is 77.1 Å². The van der Waals surface area contributed by atoms with Crippen LogP contribution in [0.2, 0.25) is 0 Å². The van der Waals surface area contributed by atoms with Gasteiger partial charge in [0.2, 0.25) is 0 Å². The van der Waals surface area contributed by atoms with Crippen LogP contribution in [0.5, 0.6) is 0 Å². The Kier molecular flexibility index (Phi) is 6.21. The van der Waals surface area contributed by atoms with Crippen molar-refractivity contribution in [1.29, 1.82) is 0 Å². The van der Waals surface area contributed by atoms with Crippen LogP contribution in [0, 0.1) is 11.8 Å². The number of esters is 1. The first-order chi connectivity index (χ1) is 15.1. The van der Waals surface area contributed by atoms with E-state index in [-0.39, 0.29) is 6.03 Å². The van der Waals surface area contributed by atoms with Gasteiger partial charge in [0.25, 0.3) is 0 Å². The largest absolute Gasteiger partial charge is 0.465 e. The summed E-state index contributed by atoms with van der Waals surface area (Å²) >= 11 is 0. The maximum absolute atomic E-state index is 12.6. The van der Waals surface area contributed by atoms with E-state index in [0.717, 1.165) is 5.56 Å². The fourth-order valence-electron chi connectivity index (χ4n) is 3.70. The molecule has 2 aromatic carbocycles. The Balaban J connectivity index is 1.38. The molecule has 1 N–H and O–H groups in total. The highest BCUT2D eigenvalue weighted by Gasteiger charge is 2.40. The molecular formula is C24H24N2O5. The van der Waals surface area contributed by atoms with Crippen molar-refractivity contribution in [3.63, 3.8) is 0 Å². The number of ether oxygens (including phenoxy) is 3. The van der Waals surface area contributed by atoms with Gasteiger partial charge in [0.15, 0.2) is 5.79 Å². The third kappa shape index (κ3) is 5.05. The van der Waals surface area contributed by atoms with Gasteiger partial charge in [0, 0.05) is 42.7 Å². The van der Waals surface area contributed by atoms with Gasteiger partial charge in [0.1, 0.15) is 0 Å². The minimum absolute atomic E-state index is 0.149. The number of nitrogens with one attached hydrogen (secondary N) is 1. The molecule has 2 heterocycles. The monoisotopic (exact) mass is 420 g/mol. The first-order valence-corrected chi connectivity index (χ1v) is 10.2. The van der Waals surface area contributed by atoms with E-state index in [0.29, 0.717) is 56.0 Å². The van der Waals surface area contributed by atoms with E-state index in [4.69, 9.17) is 14.2 Å². The van der Waals surface area contributed by atoms with Crippen LogP contribution in [-0.2, 0) is 14.2 Å². The lowest BCUT2D eigenvalue weighted by molar-refractivity contribution is -0.181. The van der Waals surface area contributed by atoms with Gasteiger partial charge in [-0.15, -0.1) is 0 Å². The maximum Gasteiger partial charge on any atom is 0.337 e. The lowest BCUT2D eigenvalue weighted by atomic mass is 10.0. The second kappa shape index (κ2) is 9.21. The lowest BCUT2D eigenvalue weighted by Crippen LogP contribution is -2.48. The molecule has 0 aromatic heterocycles. The summed E-state index contributed by atoms with van der Waals surface area (Å²) < 4.78 is 16.2. The first-order valence-electron chi connectivity index (χ1n) is 10.2. The third-order valence-corrected chi connectivity index (χ3v) is 5.37. The average molecular weight is 420 g/mol. The van der Waals surface area contributed by atoms with E-state index >= 15 is 0 Å². The summed E-state index contributed by atoms with van der Waals surface area (Å²) in [6.45, 7) is 2.41. The molecule has 160 valence electrons. The van der Waals surface area contributed by atoms with Crippen LogP contribution in [0.1, 0.15) is 34.3 Å². The molecule has 2 amide bonds. The maximum atomic E-state index is 12.6. The van der Waals surface area contributed by atoms with Gasteiger partial charge in [-0.3, -0.25) is 0 Å². The highest BCUT2D eigenvalue weighted by atomic mass is 16.7. The number of urea groups is 1. The number of carbonyl (C=O) groups excluding carboxylic acids is 2. The van der Waals surface area contributed by atoms with Gasteiger partial charge in [-0.05, 0) is 36.4 Å². The van der Waals surface area contributed by atoms with E-state index in [1.54, 1.807) is 23.1 Å². The van der Waals surface area contributed by atoms with E-state index in [2.05, 4.69) is 17.2 Å². The molecule has 0 radical (unpaired) electrons. The number of benzene rings is 2. The summed E-state index contributed by atoms with van der Waals surface area (Å²) in [5.41, 5.74) is 2.59. The van der Waals surface area contributed by atoms with E-state index in [1.807, 2.05) is 30.3 Å². The number of methoxy groups -OCH3 is 1. The molecule has 2 aromatic rings. The molecule has 0 bridgehead atoms. The highest BCUT2D eigenvalue weighted by Crippen LogP contribution is 2.31. The fourth-order valence-corrected chi connectivity index (χ4v) is 3.70. The minimum Gasteiger partial charge on any atom is -0.465 e. The van der Waals surface area contributed by atoms with Crippen LogP contribution in [0.15, 0.2) is 48.5 Å². The molecule has 7 heteroatoms. The SMILES string of the molecule is COC(=O)c1cccc(C#Cc2cccc(NC(=O)N3CCC4(CC3)OCCO4)c2)c1. The molecule has 2 aliphatic rings. The number of rotatable bonds is 2. The van der Waals surface area contributed by atoms with Crippen LogP contribution in [0.3, 0.4) is 0 Å². The Morgan fingerprint density at radius 2 is 1.65 bits per heavy atom. The smallest absolute Gasteiger partial charge is 0.337 e. The quantitative estimate of drug-likeness (QED) is 0.596. The number of carbonyl (C=O) groups is 2. The van der Waals surface area contributed by atoms with Gasteiger partial charge >= 0.3 is 12.0 Å². The molecule has 0 unspecified atom stereocenters. The lowest BCUT2D eigenvalue weighted by Gasteiger charge is -2.37. The van der Waals surface area contributed by atoms with Gasteiger partial charge < -0.3 is 24.4 Å². The third-order valence-electron chi connectivity index (χ3n) is 5.37. The summed E-state index contributed by atoms with van der Waals surface area (Å²) in [6, 6.07) is 14.2. The van der Waals surface area contributed by atoms with Gasteiger partial charge in [-0.2, -0.15) is 0 Å². The minimum atomic E-state index is -0.503. The summed E-state index contributed by atoms with van der Waals surface area (Å²) in [7, 11) is 1.35. The Bertz CT molecular complexity index is 1020. The number of nitrogens with zero attached hydrogens (tertiary/aromatic N) is 1. The molecule has 1 spiro atoms. The summed E-state index contributed by atoms with van der Waals surface area (Å²) in [5.74, 6) is 5.21. The molecule has 31 heavy (non-hydrogen) atoms. The van der Waals surface area contributed by atoms with Crippen molar-refractivity contribution in [2.45, 2.75) is 18.6 Å². The second-order valence-electron chi connectivity index (χ2n) is 7.43. The van der Waals surface area contributed by atoms with Crippen molar-refractivity contribution < 1.29 is 23.8 Å². The number of amides is 2. The standard InChI is InChI=1S/C24H24N2O5/c1-29-22(27)20-6-2-4-18(16-20)8-9-19-5-3-7-21(17-19)25-23(28)26-12-10-24(11-13-26)30-14-15-31-24/h2-7,16-17H,10-15H2,1H3,(H,25,28). The number of likely N-dealkylation sites (tertiary alicyclic amines) is 1. The number of anilines is 1. The van der Waals surface area contributed by atoms with Crippen LogP contribution in [-0.4, -0.2) is 56.1 Å². The van der Waals surface area contributed by atoms with Crippen LogP contribution >= 0.6 is 0 Å². The molecule has 2 fully saturated rings. The number of hydrogen-bond acceptors (Lipinski definition) is 5. The molecule has 7 nitrogen and oxygen atoms in total. The molecule has 4 rings (SSSR count). The van der Waals surface area contributed by atoms with E-state index < -0.39 is 11.8 Å². The average Bonchev–Trinajstić information content (AvgIpc) is 3.26. The van der Waals surface area contributed by atoms with Crippen molar-refractivity contribution in [2.24, 2.45) is 0 Å². The number of hydrogen-bond donors (Lipinski definition) is 1.